The van der Waals surface area contributed by atoms with E-state index in [9.17, 15) is 0 Å². The highest BCUT2D eigenvalue weighted by Gasteiger charge is 1.97. The van der Waals surface area contributed by atoms with Gasteiger partial charge in [-0.1, -0.05) is 19.1 Å². The van der Waals surface area contributed by atoms with Gasteiger partial charge >= 0.3 is 0 Å². The summed E-state index contributed by atoms with van der Waals surface area (Å²) in [7, 11) is 2.00. The first kappa shape index (κ1) is 13.0. The van der Waals surface area contributed by atoms with E-state index in [1.54, 1.807) is 0 Å². The Bertz CT molecular complexity index is 286. The highest BCUT2D eigenvalue weighted by Crippen LogP contribution is 2.15. The van der Waals surface area contributed by atoms with Gasteiger partial charge < -0.3 is 10.1 Å². The van der Waals surface area contributed by atoms with Crippen LogP contribution in [0.3, 0.4) is 0 Å². The first-order valence-electron chi connectivity index (χ1n) is 6.23. The minimum Gasteiger partial charge on any atom is -0.494 e. The molecule has 1 N–H and O–H groups in total. The van der Waals surface area contributed by atoms with Crippen LogP contribution in [-0.2, 0) is 6.42 Å². The number of aryl methyl sites for hydroxylation is 1. The highest BCUT2D eigenvalue weighted by molar-refractivity contribution is 5.28. The van der Waals surface area contributed by atoms with Crippen LogP contribution in [0.2, 0.25) is 0 Å². The molecular formula is C14H23NO. The van der Waals surface area contributed by atoms with Crippen molar-refractivity contribution in [1.29, 1.82) is 0 Å². The Morgan fingerprint density at radius 2 is 2.12 bits per heavy atom. The fraction of sp³-hybridized carbons (Fsp3) is 0.571. The third-order valence-electron chi connectivity index (χ3n) is 2.51. The zero-order chi connectivity index (χ0) is 11.6. The molecule has 16 heavy (non-hydrogen) atoms. The normalized spacial score (nSPS) is 10.4. The number of ether oxygens (including phenoxy) is 1. The van der Waals surface area contributed by atoms with Crippen molar-refractivity contribution >= 4 is 0 Å². The lowest BCUT2D eigenvalue weighted by Gasteiger charge is -2.07. The Morgan fingerprint density at radius 1 is 1.25 bits per heavy atom. The number of nitrogens with one attached hydrogen (secondary N) is 1. The maximum absolute atomic E-state index is 5.61. The second-order valence-electron chi connectivity index (χ2n) is 4.06. The van der Waals surface area contributed by atoms with Crippen molar-refractivity contribution in [2.75, 3.05) is 20.2 Å². The number of hydrogen-bond acceptors (Lipinski definition) is 2. The lowest BCUT2D eigenvalue weighted by atomic mass is 10.1. The molecule has 0 radical (unpaired) electrons. The van der Waals surface area contributed by atoms with Crippen LogP contribution in [0.25, 0.3) is 0 Å². The standard InChI is InChI=1S/C14H23NO/c1-3-11-16-14-9-6-8-13(12-14)7-4-5-10-15-2/h6,8-9,12,15H,3-5,7,10-11H2,1-2H3. The van der Waals surface area contributed by atoms with Gasteiger partial charge in [-0.25, -0.2) is 0 Å². The minimum absolute atomic E-state index is 0.809. The van der Waals surface area contributed by atoms with Gasteiger partial charge in [0.1, 0.15) is 5.75 Å². The molecule has 0 bridgehead atoms. The molecule has 0 amide bonds. The topological polar surface area (TPSA) is 21.3 Å². The average molecular weight is 221 g/mol. The van der Waals surface area contributed by atoms with E-state index in [-0.39, 0.29) is 0 Å². The fourth-order valence-corrected chi connectivity index (χ4v) is 1.64. The van der Waals surface area contributed by atoms with Gasteiger partial charge in [-0.05, 0) is 57.0 Å². The van der Waals surface area contributed by atoms with Crippen molar-refractivity contribution in [3.05, 3.63) is 29.8 Å². The molecule has 2 nitrogen and oxygen atoms in total. The molecule has 1 aromatic carbocycles. The molecule has 0 aliphatic carbocycles. The zero-order valence-corrected chi connectivity index (χ0v) is 10.5. The number of rotatable bonds is 8. The summed E-state index contributed by atoms with van der Waals surface area (Å²) in [5, 5.41) is 3.17. The van der Waals surface area contributed by atoms with Crippen molar-refractivity contribution in [2.24, 2.45) is 0 Å². The van der Waals surface area contributed by atoms with Gasteiger partial charge in [0.25, 0.3) is 0 Å². The third-order valence-corrected chi connectivity index (χ3v) is 2.51. The molecule has 0 heterocycles. The maximum atomic E-state index is 5.61. The molecule has 0 saturated carbocycles. The quantitative estimate of drug-likeness (QED) is 0.681. The van der Waals surface area contributed by atoms with Crippen LogP contribution in [0.1, 0.15) is 31.7 Å². The first-order chi connectivity index (χ1) is 7.86. The Kier molecular flexibility index (Phi) is 6.66. The molecule has 0 saturated heterocycles. The van der Waals surface area contributed by atoms with Gasteiger partial charge in [0.15, 0.2) is 0 Å². The van der Waals surface area contributed by atoms with Gasteiger partial charge in [-0.2, -0.15) is 0 Å². The highest BCUT2D eigenvalue weighted by atomic mass is 16.5. The minimum atomic E-state index is 0.809. The monoisotopic (exact) mass is 221 g/mol. The molecule has 0 unspecified atom stereocenters. The molecule has 2 heteroatoms. The summed E-state index contributed by atoms with van der Waals surface area (Å²) < 4.78 is 5.61. The van der Waals surface area contributed by atoms with Crippen LogP contribution in [0.4, 0.5) is 0 Å². The molecule has 1 aromatic rings. The number of benzene rings is 1. The summed E-state index contributed by atoms with van der Waals surface area (Å²) in [6.07, 6.45) is 4.67. The third kappa shape index (κ3) is 5.17. The summed E-state index contributed by atoms with van der Waals surface area (Å²) in [6.45, 7) is 4.04. The van der Waals surface area contributed by atoms with E-state index in [2.05, 4.69) is 30.4 Å². The van der Waals surface area contributed by atoms with Gasteiger partial charge in [0.2, 0.25) is 0 Å². The molecule has 90 valence electrons. The summed E-state index contributed by atoms with van der Waals surface area (Å²) in [6, 6.07) is 8.46. The summed E-state index contributed by atoms with van der Waals surface area (Å²) in [4.78, 5) is 0. The van der Waals surface area contributed by atoms with Crippen molar-refractivity contribution in [1.82, 2.24) is 5.32 Å². The van der Waals surface area contributed by atoms with Crippen LogP contribution in [0.15, 0.2) is 24.3 Å². The van der Waals surface area contributed by atoms with Crippen LogP contribution in [0, 0.1) is 0 Å². The van der Waals surface area contributed by atoms with Crippen molar-refractivity contribution in [3.8, 4) is 5.75 Å². The SMILES string of the molecule is CCCOc1cccc(CCCCNC)c1. The number of unbranched alkanes of at least 4 members (excludes halogenated alkanes) is 1. The lowest BCUT2D eigenvalue weighted by Crippen LogP contribution is -2.07. The van der Waals surface area contributed by atoms with Gasteiger partial charge in [0, 0.05) is 0 Å². The largest absolute Gasteiger partial charge is 0.494 e. The van der Waals surface area contributed by atoms with E-state index in [0.717, 1.165) is 31.7 Å². The second kappa shape index (κ2) is 8.17. The predicted molar refractivity (Wildman–Crippen MR) is 69.1 cm³/mol. The molecule has 0 spiro atoms. The Morgan fingerprint density at radius 3 is 2.88 bits per heavy atom. The van der Waals surface area contributed by atoms with Gasteiger partial charge in [0.05, 0.1) is 6.61 Å². The van der Waals surface area contributed by atoms with Crippen LogP contribution < -0.4 is 10.1 Å². The molecular weight excluding hydrogens is 198 g/mol. The van der Waals surface area contributed by atoms with Crippen LogP contribution in [0.5, 0.6) is 5.75 Å². The summed E-state index contributed by atoms with van der Waals surface area (Å²) in [5.41, 5.74) is 1.38. The van der Waals surface area contributed by atoms with Crippen molar-refractivity contribution in [2.45, 2.75) is 32.6 Å². The molecule has 0 aromatic heterocycles. The molecule has 0 atom stereocenters. The van der Waals surface area contributed by atoms with Gasteiger partial charge in [-0.15, -0.1) is 0 Å². The summed E-state index contributed by atoms with van der Waals surface area (Å²) in [5.74, 6) is 1.01. The lowest BCUT2D eigenvalue weighted by molar-refractivity contribution is 0.317. The second-order valence-corrected chi connectivity index (χ2v) is 4.06. The molecule has 1 rings (SSSR count). The van der Waals surface area contributed by atoms with E-state index in [1.807, 2.05) is 13.1 Å². The summed E-state index contributed by atoms with van der Waals surface area (Å²) >= 11 is 0. The Labute approximate surface area is 99.0 Å². The smallest absolute Gasteiger partial charge is 0.119 e. The molecule has 0 fully saturated rings. The molecule has 0 aliphatic heterocycles. The predicted octanol–water partition coefficient (Wildman–Crippen LogP) is 3.02. The average Bonchev–Trinajstić information content (AvgIpc) is 2.33. The molecule has 0 aliphatic rings. The number of hydrogen-bond donors (Lipinski definition) is 1. The first-order valence-corrected chi connectivity index (χ1v) is 6.23. The maximum Gasteiger partial charge on any atom is 0.119 e. The van der Waals surface area contributed by atoms with Crippen molar-refractivity contribution < 1.29 is 4.74 Å². The van der Waals surface area contributed by atoms with E-state index in [0.29, 0.717) is 0 Å². The van der Waals surface area contributed by atoms with E-state index in [4.69, 9.17) is 4.74 Å². The van der Waals surface area contributed by atoms with Gasteiger partial charge in [-0.3, -0.25) is 0 Å². The van der Waals surface area contributed by atoms with Crippen LogP contribution >= 0.6 is 0 Å². The van der Waals surface area contributed by atoms with E-state index in [1.165, 1.54) is 18.4 Å². The van der Waals surface area contributed by atoms with E-state index >= 15 is 0 Å². The van der Waals surface area contributed by atoms with Crippen LogP contribution in [-0.4, -0.2) is 20.2 Å². The Balaban J connectivity index is 2.35. The van der Waals surface area contributed by atoms with Crippen molar-refractivity contribution in [3.63, 3.8) is 0 Å². The Hall–Kier alpha value is -1.02. The fourth-order valence-electron chi connectivity index (χ4n) is 1.64. The van der Waals surface area contributed by atoms with E-state index < -0.39 is 0 Å². The zero-order valence-electron chi connectivity index (χ0n) is 10.5.